The van der Waals surface area contributed by atoms with Crippen LogP contribution in [-0.4, -0.2) is 30.1 Å². The van der Waals surface area contributed by atoms with E-state index >= 15 is 0 Å². The zero-order chi connectivity index (χ0) is 12.9. The molecule has 0 saturated carbocycles. The molecule has 0 unspecified atom stereocenters. The van der Waals surface area contributed by atoms with Gasteiger partial charge in [-0.2, -0.15) is 0 Å². The molecule has 0 aliphatic carbocycles. The molecule has 0 heterocycles. The largest absolute Gasteiger partial charge is 0.411 e. The first-order chi connectivity index (χ1) is 7.96. The summed E-state index contributed by atoms with van der Waals surface area (Å²) in [4.78, 5) is 0. The Morgan fingerprint density at radius 3 is 2.53 bits per heavy atom. The lowest BCUT2D eigenvalue weighted by Gasteiger charge is -2.23. The standard InChI is InChI=1S/C14H22O2Si/c1-11-7-6-8-13(12(11)2)17-16-10-14(3,4)9-15-5/h6-8H,9-10H2,1-5H3. The summed E-state index contributed by atoms with van der Waals surface area (Å²) in [5.41, 5.74) is 2.75. The third-order valence-corrected chi connectivity index (χ3v) is 3.83. The molecule has 0 N–H and O–H groups in total. The third-order valence-electron chi connectivity index (χ3n) is 2.78. The molecule has 0 fully saturated rings. The van der Waals surface area contributed by atoms with Crippen molar-refractivity contribution in [2.24, 2.45) is 5.41 Å². The van der Waals surface area contributed by atoms with Crippen molar-refractivity contribution in [1.82, 2.24) is 0 Å². The van der Waals surface area contributed by atoms with Crippen molar-refractivity contribution in [3.63, 3.8) is 0 Å². The van der Waals surface area contributed by atoms with Gasteiger partial charge in [0.1, 0.15) is 0 Å². The smallest absolute Gasteiger partial charge is 0.268 e. The average Bonchev–Trinajstić information content (AvgIpc) is 2.24. The van der Waals surface area contributed by atoms with E-state index in [1.807, 2.05) is 0 Å². The van der Waals surface area contributed by atoms with Crippen LogP contribution in [0.1, 0.15) is 25.0 Å². The van der Waals surface area contributed by atoms with Crippen molar-refractivity contribution in [3.8, 4) is 0 Å². The Bertz CT molecular complexity index is 361. The predicted molar refractivity (Wildman–Crippen MR) is 72.9 cm³/mol. The molecule has 0 aliphatic rings. The lowest BCUT2D eigenvalue weighted by Crippen LogP contribution is -2.29. The van der Waals surface area contributed by atoms with Crippen molar-refractivity contribution in [2.45, 2.75) is 27.7 Å². The zero-order valence-electron chi connectivity index (χ0n) is 11.5. The molecule has 94 valence electrons. The van der Waals surface area contributed by atoms with Crippen LogP contribution in [0.15, 0.2) is 18.2 Å². The highest BCUT2D eigenvalue weighted by Crippen LogP contribution is 2.15. The fourth-order valence-corrected chi connectivity index (χ4v) is 2.74. The van der Waals surface area contributed by atoms with Crippen LogP contribution in [0.5, 0.6) is 0 Å². The van der Waals surface area contributed by atoms with Crippen LogP contribution in [0.4, 0.5) is 0 Å². The number of benzene rings is 1. The molecular weight excluding hydrogens is 228 g/mol. The van der Waals surface area contributed by atoms with E-state index in [9.17, 15) is 0 Å². The Morgan fingerprint density at radius 1 is 1.18 bits per heavy atom. The van der Waals surface area contributed by atoms with Gasteiger partial charge in [0.15, 0.2) is 0 Å². The summed E-state index contributed by atoms with van der Waals surface area (Å²) < 4.78 is 11.0. The fourth-order valence-electron chi connectivity index (χ4n) is 1.60. The Balaban J connectivity index is 2.49. The molecule has 0 amide bonds. The molecule has 17 heavy (non-hydrogen) atoms. The molecule has 2 nitrogen and oxygen atoms in total. The molecule has 0 atom stereocenters. The number of ether oxygens (including phenoxy) is 1. The summed E-state index contributed by atoms with van der Waals surface area (Å²) >= 11 is 0. The van der Waals surface area contributed by atoms with Gasteiger partial charge in [0.05, 0.1) is 6.61 Å². The summed E-state index contributed by atoms with van der Waals surface area (Å²) in [7, 11) is 2.15. The topological polar surface area (TPSA) is 18.5 Å². The van der Waals surface area contributed by atoms with Gasteiger partial charge in [0.2, 0.25) is 0 Å². The van der Waals surface area contributed by atoms with Gasteiger partial charge < -0.3 is 9.16 Å². The first-order valence-corrected chi connectivity index (χ1v) is 6.80. The number of hydrogen-bond acceptors (Lipinski definition) is 2. The number of aryl methyl sites for hydroxylation is 1. The van der Waals surface area contributed by atoms with Gasteiger partial charge >= 0.3 is 0 Å². The van der Waals surface area contributed by atoms with Gasteiger partial charge in [0, 0.05) is 19.1 Å². The van der Waals surface area contributed by atoms with Crippen molar-refractivity contribution < 1.29 is 9.16 Å². The van der Waals surface area contributed by atoms with Gasteiger partial charge in [-0.3, -0.25) is 0 Å². The summed E-state index contributed by atoms with van der Waals surface area (Å²) in [6.07, 6.45) is 0. The fraction of sp³-hybridized carbons (Fsp3) is 0.571. The normalized spacial score (nSPS) is 11.8. The maximum Gasteiger partial charge on any atom is 0.268 e. The minimum Gasteiger partial charge on any atom is -0.411 e. The van der Waals surface area contributed by atoms with Crippen LogP contribution in [0.2, 0.25) is 0 Å². The second kappa shape index (κ2) is 6.33. The van der Waals surface area contributed by atoms with Crippen molar-refractivity contribution >= 4 is 14.9 Å². The van der Waals surface area contributed by atoms with Crippen LogP contribution in [0.3, 0.4) is 0 Å². The molecule has 0 spiro atoms. The maximum absolute atomic E-state index is 5.82. The van der Waals surface area contributed by atoms with Crippen LogP contribution in [0.25, 0.3) is 0 Å². The molecule has 0 saturated heterocycles. The van der Waals surface area contributed by atoms with Gasteiger partial charge in [0.25, 0.3) is 9.76 Å². The third kappa shape index (κ3) is 4.62. The molecule has 3 heteroatoms. The number of hydrogen-bond donors (Lipinski definition) is 0. The van der Waals surface area contributed by atoms with Gasteiger partial charge in [-0.05, 0) is 30.2 Å². The van der Waals surface area contributed by atoms with E-state index < -0.39 is 0 Å². The Labute approximate surface area is 107 Å². The second-order valence-corrected chi connectivity index (χ2v) is 6.27. The van der Waals surface area contributed by atoms with Crippen molar-refractivity contribution in [2.75, 3.05) is 20.3 Å². The Morgan fingerprint density at radius 2 is 1.88 bits per heavy atom. The number of rotatable bonds is 6. The van der Waals surface area contributed by atoms with Crippen LogP contribution < -0.4 is 5.19 Å². The monoisotopic (exact) mass is 250 g/mol. The summed E-state index contributed by atoms with van der Waals surface area (Å²) in [6, 6.07) is 6.37. The Hall–Kier alpha value is -0.643. The second-order valence-electron chi connectivity index (χ2n) is 5.24. The Kier molecular flexibility index (Phi) is 5.37. The summed E-state index contributed by atoms with van der Waals surface area (Å²) in [6.45, 7) is 10.1. The van der Waals surface area contributed by atoms with Crippen molar-refractivity contribution in [3.05, 3.63) is 29.3 Å². The molecule has 0 bridgehead atoms. The maximum atomic E-state index is 5.82. The van der Waals surface area contributed by atoms with Crippen LogP contribution in [0, 0.1) is 19.3 Å². The summed E-state index contributed by atoms with van der Waals surface area (Å²) in [5, 5.41) is 1.30. The van der Waals surface area contributed by atoms with E-state index in [1.54, 1.807) is 7.11 Å². The van der Waals surface area contributed by atoms with E-state index in [0.29, 0.717) is 9.76 Å². The van der Waals surface area contributed by atoms with E-state index in [0.717, 1.165) is 13.2 Å². The lowest BCUT2D eigenvalue weighted by molar-refractivity contribution is 0.0664. The molecule has 0 aliphatic heterocycles. The molecule has 0 aromatic heterocycles. The predicted octanol–water partition coefficient (Wildman–Crippen LogP) is 2.24. The van der Waals surface area contributed by atoms with Crippen LogP contribution >= 0.6 is 0 Å². The van der Waals surface area contributed by atoms with Crippen molar-refractivity contribution in [1.29, 1.82) is 0 Å². The number of methoxy groups -OCH3 is 1. The highest BCUT2D eigenvalue weighted by atomic mass is 28.2. The van der Waals surface area contributed by atoms with Gasteiger partial charge in [-0.1, -0.05) is 32.0 Å². The van der Waals surface area contributed by atoms with E-state index in [-0.39, 0.29) is 5.41 Å². The van der Waals surface area contributed by atoms with E-state index in [2.05, 4.69) is 45.9 Å². The first-order valence-electron chi connectivity index (χ1n) is 5.89. The highest BCUT2D eigenvalue weighted by Gasteiger charge is 2.18. The minimum absolute atomic E-state index is 0.0828. The molecule has 1 aromatic carbocycles. The van der Waals surface area contributed by atoms with Gasteiger partial charge in [-0.25, -0.2) is 0 Å². The SMILES string of the molecule is COCC(C)(C)CO[Si]c1cccc(C)c1C. The lowest BCUT2D eigenvalue weighted by atomic mass is 9.97. The van der Waals surface area contributed by atoms with Crippen LogP contribution in [-0.2, 0) is 9.16 Å². The zero-order valence-corrected chi connectivity index (χ0v) is 12.5. The molecule has 1 rings (SSSR count). The molecule has 1 aromatic rings. The quantitative estimate of drug-likeness (QED) is 0.721. The van der Waals surface area contributed by atoms with E-state index in [1.165, 1.54) is 16.3 Å². The van der Waals surface area contributed by atoms with E-state index in [4.69, 9.17) is 9.16 Å². The average molecular weight is 250 g/mol. The van der Waals surface area contributed by atoms with Gasteiger partial charge in [-0.15, -0.1) is 0 Å². The minimum atomic E-state index is 0.0828. The molecular formula is C14H22O2Si. The highest BCUT2D eigenvalue weighted by molar-refractivity contribution is 6.47. The summed E-state index contributed by atoms with van der Waals surface area (Å²) in [5.74, 6) is 0. The first kappa shape index (κ1) is 14.4. The molecule has 2 radical (unpaired) electrons.